The number of allylic oxidation sites excluding steroid dienone is 1. The molecule has 1 nitrogen and oxygen atoms in total. The van der Waals surface area contributed by atoms with E-state index in [-0.39, 0.29) is 5.41 Å². The van der Waals surface area contributed by atoms with Crippen LogP contribution >= 0.6 is 0 Å². The van der Waals surface area contributed by atoms with Crippen LogP contribution in [-0.2, 0) is 0 Å². The Morgan fingerprint density at radius 1 is 1.29 bits per heavy atom. The largest absolute Gasteiger partial charge is 0.367 e. The van der Waals surface area contributed by atoms with Crippen molar-refractivity contribution in [2.75, 3.05) is 13.1 Å². The van der Waals surface area contributed by atoms with Crippen LogP contribution in [0.25, 0.3) is 0 Å². The highest BCUT2D eigenvalue weighted by Gasteiger charge is 2.32. The summed E-state index contributed by atoms with van der Waals surface area (Å²) in [4.78, 5) is 2.27. The van der Waals surface area contributed by atoms with E-state index in [9.17, 15) is 0 Å². The van der Waals surface area contributed by atoms with Gasteiger partial charge in [0.15, 0.2) is 0 Å². The zero-order chi connectivity index (χ0) is 10.9. The summed E-state index contributed by atoms with van der Waals surface area (Å²) in [5, 5.41) is 0. The van der Waals surface area contributed by atoms with E-state index >= 15 is 0 Å². The predicted octanol–water partition coefficient (Wildman–Crippen LogP) is 3.36. The Balaban J connectivity index is 2.81. The molecule has 0 spiro atoms. The second-order valence-electron chi connectivity index (χ2n) is 4.61. The zero-order valence-corrected chi connectivity index (χ0v) is 9.69. The number of hydrogen-bond acceptors (Lipinski definition) is 1. The maximum absolute atomic E-state index is 4.14. The Hall–Kier alpha value is -0.980. The van der Waals surface area contributed by atoms with Gasteiger partial charge in [-0.3, -0.25) is 0 Å². The van der Waals surface area contributed by atoms with Crippen LogP contribution in [0.2, 0.25) is 0 Å². The second kappa shape index (κ2) is 3.64. The highest BCUT2D eigenvalue weighted by Crippen LogP contribution is 2.38. The Kier molecular flexibility index (Phi) is 2.89. The minimum Gasteiger partial charge on any atom is -0.367 e. The van der Waals surface area contributed by atoms with Gasteiger partial charge in [0.2, 0.25) is 0 Å². The molecule has 1 saturated heterocycles. The van der Waals surface area contributed by atoms with Crippen molar-refractivity contribution < 1.29 is 0 Å². The molecule has 0 saturated carbocycles. The summed E-state index contributed by atoms with van der Waals surface area (Å²) in [5.41, 5.74) is 3.75. The smallest absolute Gasteiger partial charge is 0.0395 e. The van der Waals surface area contributed by atoms with Gasteiger partial charge >= 0.3 is 0 Å². The first-order chi connectivity index (χ1) is 6.39. The summed E-state index contributed by atoms with van der Waals surface area (Å²) in [6.45, 7) is 20.7. The Morgan fingerprint density at radius 3 is 2.07 bits per heavy atom. The highest BCUT2D eigenvalue weighted by atomic mass is 15.1. The lowest BCUT2D eigenvalue weighted by atomic mass is 9.75. The van der Waals surface area contributed by atoms with Crippen LogP contribution in [0.3, 0.4) is 0 Å². The molecule has 0 aromatic carbocycles. The molecule has 0 aromatic heterocycles. The molecule has 0 unspecified atom stereocenters. The Labute approximate surface area is 87.8 Å². The fourth-order valence-corrected chi connectivity index (χ4v) is 1.61. The van der Waals surface area contributed by atoms with Gasteiger partial charge < -0.3 is 4.90 Å². The molecule has 0 atom stereocenters. The van der Waals surface area contributed by atoms with Gasteiger partial charge in [0.05, 0.1) is 0 Å². The zero-order valence-electron chi connectivity index (χ0n) is 9.69. The quantitative estimate of drug-likeness (QED) is 0.605. The summed E-state index contributed by atoms with van der Waals surface area (Å²) in [5.74, 6) is 0. The van der Waals surface area contributed by atoms with E-state index in [1.54, 1.807) is 0 Å². The summed E-state index contributed by atoms with van der Waals surface area (Å²) in [6, 6.07) is 0. The molecule has 78 valence electrons. The van der Waals surface area contributed by atoms with E-state index in [0.29, 0.717) is 0 Å². The van der Waals surface area contributed by atoms with Gasteiger partial charge in [0.1, 0.15) is 0 Å². The lowest BCUT2D eigenvalue weighted by Crippen LogP contribution is -2.39. The SMILES string of the molecule is C=C(CC)N1CC(=C)C(C)(C)C(=C)C1. The first-order valence-corrected chi connectivity index (χ1v) is 5.18. The number of rotatable bonds is 2. The fourth-order valence-electron chi connectivity index (χ4n) is 1.61. The first-order valence-electron chi connectivity index (χ1n) is 5.18. The van der Waals surface area contributed by atoms with E-state index in [1.165, 1.54) is 16.8 Å². The van der Waals surface area contributed by atoms with E-state index < -0.39 is 0 Å². The molecule has 0 radical (unpaired) electrons. The van der Waals surface area contributed by atoms with Gasteiger partial charge in [-0.05, 0) is 17.6 Å². The standard InChI is InChI=1S/C13H21N/c1-7-12(4)14-8-10(2)13(5,6)11(3)9-14/h2-4,7-9H2,1,5-6H3. The van der Waals surface area contributed by atoms with Crippen molar-refractivity contribution in [3.63, 3.8) is 0 Å². The predicted molar refractivity (Wildman–Crippen MR) is 63.1 cm³/mol. The molecule has 0 N–H and O–H groups in total. The van der Waals surface area contributed by atoms with Crippen LogP contribution in [0.15, 0.2) is 36.6 Å². The van der Waals surface area contributed by atoms with Crippen molar-refractivity contribution in [1.29, 1.82) is 0 Å². The van der Waals surface area contributed by atoms with Gasteiger partial charge in [-0.1, -0.05) is 40.5 Å². The lowest BCUT2D eigenvalue weighted by Gasteiger charge is -2.42. The van der Waals surface area contributed by atoms with Gasteiger partial charge in [0, 0.05) is 24.2 Å². The minimum atomic E-state index is 0.0878. The van der Waals surface area contributed by atoms with E-state index in [4.69, 9.17) is 0 Å². The van der Waals surface area contributed by atoms with E-state index in [2.05, 4.69) is 45.4 Å². The van der Waals surface area contributed by atoms with Crippen LogP contribution in [-0.4, -0.2) is 18.0 Å². The molecule has 14 heavy (non-hydrogen) atoms. The van der Waals surface area contributed by atoms with Gasteiger partial charge in [-0.15, -0.1) is 0 Å². The summed E-state index contributed by atoms with van der Waals surface area (Å²) in [6.07, 6.45) is 1.00. The average Bonchev–Trinajstić information content (AvgIpc) is 2.13. The molecule has 1 heterocycles. The molecule has 1 aliphatic rings. The number of piperidine rings is 1. The van der Waals surface area contributed by atoms with Crippen LogP contribution < -0.4 is 0 Å². The molecular weight excluding hydrogens is 170 g/mol. The van der Waals surface area contributed by atoms with Crippen molar-refractivity contribution in [3.05, 3.63) is 36.6 Å². The maximum Gasteiger partial charge on any atom is 0.0395 e. The monoisotopic (exact) mass is 191 g/mol. The number of likely N-dealkylation sites (tertiary alicyclic amines) is 1. The van der Waals surface area contributed by atoms with Crippen molar-refractivity contribution in [2.45, 2.75) is 27.2 Å². The average molecular weight is 191 g/mol. The summed E-state index contributed by atoms with van der Waals surface area (Å²) in [7, 11) is 0. The molecule has 1 fully saturated rings. The molecule has 1 rings (SSSR count). The van der Waals surface area contributed by atoms with Crippen molar-refractivity contribution >= 4 is 0 Å². The van der Waals surface area contributed by atoms with Crippen LogP contribution in [0.5, 0.6) is 0 Å². The molecule has 0 amide bonds. The van der Waals surface area contributed by atoms with Crippen LogP contribution in [0.1, 0.15) is 27.2 Å². The normalized spacial score (nSPS) is 21.2. The topological polar surface area (TPSA) is 3.24 Å². The van der Waals surface area contributed by atoms with Crippen molar-refractivity contribution in [1.82, 2.24) is 4.90 Å². The molecule has 0 aliphatic carbocycles. The molecule has 0 aromatic rings. The van der Waals surface area contributed by atoms with Gasteiger partial charge in [-0.25, -0.2) is 0 Å². The summed E-state index contributed by atoms with van der Waals surface area (Å²) >= 11 is 0. The minimum absolute atomic E-state index is 0.0878. The number of hydrogen-bond donors (Lipinski definition) is 0. The lowest BCUT2D eigenvalue weighted by molar-refractivity contribution is 0.299. The molecule has 1 aliphatic heterocycles. The summed E-state index contributed by atoms with van der Waals surface area (Å²) < 4.78 is 0. The van der Waals surface area contributed by atoms with Gasteiger partial charge in [-0.2, -0.15) is 0 Å². The fraction of sp³-hybridized carbons (Fsp3) is 0.538. The first kappa shape index (κ1) is 11.1. The Morgan fingerprint density at radius 2 is 1.71 bits per heavy atom. The number of nitrogens with zero attached hydrogens (tertiary/aromatic N) is 1. The molecule has 1 heteroatoms. The third-order valence-corrected chi connectivity index (χ3v) is 3.39. The molecular formula is C13H21N. The van der Waals surface area contributed by atoms with E-state index in [0.717, 1.165) is 19.5 Å². The van der Waals surface area contributed by atoms with Crippen molar-refractivity contribution in [3.8, 4) is 0 Å². The van der Waals surface area contributed by atoms with Crippen molar-refractivity contribution in [2.24, 2.45) is 5.41 Å². The van der Waals surface area contributed by atoms with E-state index in [1.807, 2.05) is 0 Å². The van der Waals surface area contributed by atoms with Crippen LogP contribution in [0, 0.1) is 5.41 Å². The molecule has 0 bridgehead atoms. The maximum atomic E-state index is 4.14. The highest BCUT2D eigenvalue weighted by molar-refractivity contribution is 5.30. The van der Waals surface area contributed by atoms with Crippen LogP contribution in [0.4, 0.5) is 0 Å². The third kappa shape index (κ3) is 1.77. The second-order valence-corrected chi connectivity index (χ2v) is 4.61. The third-order valence-electron chi connectivity index (χ3n) is 3.39. The van der Waals surface area contributed by atoms with Gasteiger partial charge in [0.25, 0.3) is 0 Å². The Bertz CT molecular complexity index is 264.